The fourth-order valence-electron chi connectivity index (χ4n) is 0.890. The average molecular weight is 257 g/mol. The molecule has 1 aromatic rings. The molecule has 1 aromatic carbocycles. The van der Waals surface area contributed by atoms with Crippen molar-refractivity contribution in [3.8, 4) is 6.07 Å². The second kappa shape index (κ2) is 4.45. The molecule has 0 aromatic heterocycles. The van der Waals surface area contributed by atoms with E-state index in [2.05, 4.69) is 15.9 Å². The molecule has 0 amide bonds. The van der Waals surface area contributed by atoms with E-state index in [0.29, 0.717) is 10.6 Å². The Labute approximate surface area is 90.8 Å². The lowest BCUT2D eigenvalue weighted by Crippen LogP contribution is -1.82. The third-order valence-corrected chi connectivity index (χ3v) is 2.79. The molecule has 13 heavy (non-hydrogen) atoms. The third-order valence-electron chi connectivity index (χ3n) is 1.61. The van der Waals surface area contributed by atoms with E-state index in [4.69, 9.17) is 16.9 Å². The number of nitriles is 1. The van der Waals surface area contributed by atoms with Gasteiger partial charge < -0.3 is 0 Å². The highest BCUT2D eigenvalue weighted by Gasteiger charge is 2.05. The SMILES string of the molecule is CC(C#N)=C(Cl)c1ccccc1Br. The zero-order chi connectivity index (χ0) is 9.84. The van der Waals surface area contributed by atoms with Crippen LogP contribution in [0.5, 0.6) is 0 Å². The molecule has 0 radical (unpaired) electrons. The zero-order valence-corrected chi connectivity index (χ0v) is 9.35. The maximum atomic E-state index is 8.65. The van der Waals surface area contributed by atoms with Crippen LogP contribution in [-0.4, -0.2) is 0 Å². The summed E-state index contributed by atoms with van der Waals surface area (Å²) in [7, 11) is 0. The van der Waals surface area contributed by atoms with Crippen molar-refractivity contribution in [2.24, 2.45) is 0 Å². The van der Waals surface area contributed by atoms with Crippen LogP contribution >= 0.6 is 27.5 Å². The van der Waals surface area contributed by atoms with Crippen molar-refractivity contribution in [2.45, 2.75) is 6.92 Å². The van der Waals surface area contributed by atoms with E-state index in [1.54, 1.807) is 6.92 Å². The van der Waals surface area contributed by atoms with Crippen LogP contribution in [0.25, 0.3) is 5.03 Å². The smallest absolute Gasteiger partial charge is 0.0959 e. The Kier molecular flexibility index (Phi) is 3.53. The Morgan fingerprint density at radius 1 is 1.46 bits per heavy atom. The van der Waals surface area contributed by atoms with Crippen molar-refractivity contribution in [1.29, 1.82) is 5.26 Å². The van der Waals surface area contributed by atoms with Crippen LogP contribution < -0.4 is 0 Å². The lowest BCUT2D eigenvalue weighted by Gasteiger charge is -2.02. The van der Waals surface area contributed by atoms with Gasteiger partial charge in [0.05, 0.1) is 11.1 Å². The molecule has 0 bridgehead atoms. The molecule has 0 fully saturated rings. The lowest BCUT2D eigenvalue weighted by molar-refractivity contribution is 1.45. The third kappa shape index (κ3) is 2.33. The minimum Gasteiger partial charge on any atom is -0.193 e. The normalized spacial score (nSPS) is 11.8. The Morgan fingerprint density at radius 2 is 2.08 bits per heavy atom. The van der Waals surface area contributed by atoms with Crippen molar-refractivity contribution in [1.82, 2.24) is 0 Å². The summed E-state index contributed by atoms with van der Waals surface area (Å²) in [6.07, 6.45) is 0. The molecule has 0 atom stereocenters. The fraction of sp³-hybridized carbons (Fsp3) is 0.100. The first kappa shape index (κ1) is 10.3. The second-order valence-electron chi connectivity index (χ2n) is 2.53. The highest BCUT2D eigenvalue weighted by Crippen LogP contribution is 2.28. The zero-order valence-electron chi connectivity index (χ0n) is 7.01. The molecule has 0 heterocycles. The van der Waals surface area contributed by atoms with Crippen LogP contribution in [0, 0.1) is 11.3 Å². The Hall–Kier alpha value is -0.780. The first-order valence-electron chi connectivity index (χ1n) is 3.68. The Balaban J connectivity index is 3.26. The van der Waals surface area contributed by atoms with Gasteiger partial charge in [-0.25, -0.2) is 0 Å². The van der Waals surface area contributed by atoms with E-state index in [-0.39, 0.29) is 0 Å². The maximum Gasteiger partial charge on any atom is 0.0959 e. The topological polar surface area (TPSA) is 23.8 Å². The summed E-state index contributed by atoms with van der Waals surface area (Å²) in [5, 5.41) is 9.15. The van der Waals surface area contributed by atoms with Crippen molar-refractivity contribution < 1.29 is 0 Å². The lowest BCUT2D eigenvalue weighted by atomic mass is 10.1. The first-order chi connectivity index (χ1) is 6.16. The van der Waals surface area contributed by atoms with Gasteiger partial charge >= 0.3 is 0 Å². The molecule has 0 saturated carbocycles. The molecular formula is C10H7BrClN. The van der Waals surface area contributed by atoms with Crippen LogP contribution in [0.3, 0.4) is 0 Å². The molecule has 1 nitrogen and oxygen atoms in total. The van der Waals surface area contributed by atoms with E-state index < -0.39 is 0 Å². The van der Waals surface area contributed by atoms with E-state index >= 15 is 0 Å². The maximum absolute atomic E-state index is 8.65. The van der Waals surface area contributed by atoms with Crippen molar-refractivity contribution in [2.75, 3.05) is 0 Å². The molecular weight excluding hydrogens is 249 g/mol. The Morgan fingerprint density at radius 3 is 2.62 bits per heavy atom. The number of rotatable bonds is 1. The molecule has 66 valence electrons. The molecule has 0 aliphatic rings. The highest BCUT2D eigenvalue weighted by atomic mass is 79.9. The summed E-state index contributed by atoms with van der Waals surface area (Å²) in [5.41, 5.74) is 1.37. The number of nitrogens with zero attached hydrogens (tertiary/aromatic N) is 1. The summed E-state index contributed by atoms with van der Waals surface area (Å²) >= 11 is 9.36. The van der Waals surface area contributed by atoms with Crippen LogP contribution in [0.15, 0.2) is 34.3 Å². The molecule has 0 saturated heterocycles. The van der Waals surface area contributed by atoms with Gasteiger partial charge in [-0.15, -0.1) is 0 Å². The summed E-state index contributed by atoms with van der Waals surface area (Å²) in [6.45, 7) is 1.70. The predicted molar refractivity (Wildman–Crippen MR) is 58.2 cm³/mol. The standard InChI is InChI=1S/C10H7BrClN/c1-7(6-13)10(12)8-4-2-3-5-9(8)11/h2-5H,1H3. The van der Waals surface area contributed by atoms with E-state index in [1.807, 2.05) is 30.3 Å². The monoisotopic (exact) mass is 255 g/mol. The van der Waals surface area contributed by atoms with Gasteiger partial charge in [-0.05, 0) is 13.0 Å². The van der Waals surface area contributed by atoms with Gasteiger partial charge in [-0.2, -0.15) is 5.26 Å². The number of benzene rings is 1. The molecule has 0 unspecified atom stereocenters. The molecule has 0 spiro atoms. The summed E-state index contributed by atoms with van der Waals surface area (Å²) in [5.74, 6) is 0. The van der Waals surface area contributed by atoms with Gasteiger partial charge in [0.2, 0.25) is 0 Å². The molecule has 1 rings (SSSR count). The number of hydrogen-bond acceptors (Lipinski definition) is 1. The van der Waals surface area contributed by atoms with Gasteiger partial charge in [0.25, 0.3) is 0 Å². The van der Waals surface area contributed by atoms with Crippen molar-refractivity contribution >= 4 is 32.6 Å². The fourth-order valence-corrected chi connectivity index (χ4v) is 1.69. The van der Waals surface area contributed by atoms with Gasteiger partial charge in [0, 0.05) is 15.6 Å². The first-order valence-corrected chi connectivity index (χ1v) is 4.85. The minimum absolute atomic E-state index is 0.495. The van der Waals surface area contributed by atoms with Gasteiger partial charge in [-0.3, -0.25) is 0 Å². The van der Waals surface area contributed by atoms with E-state index in [1.165, 1.54) is 0 Å². The van der Waals surface area contributed by atoms with Crippen molar-refractivity contribution in [3.05, 3.63) is 39.9 Å². The number of hydrogen-bond donors (Lipinski definition) is 0. The van der Waals surface area contributed by atoms with Crippen molar-refractivity contribution in [3.63, 3.8) is 0 Å². The number of halogens is 2. The molecule has 0 N–H and O–H groups in total. The average Bonchev–Trinajstić information content (AvgIpc) is 2.16. The second-order valence-corrected chi connectivity index (χ2v) is 3.76. The quantitative estimate of drug-likeness (QED) is 0.698. The summed E-state index contributed by atoms with van der Waals surface area (Å²) in [4.78, 5) is 0. The summed E-state index contributed by atoms with van der Waals surface area (Å²) in [6, 6.07) is 9.56. The molecule has 0 aliphatic heterocycles. The summed E-state index contributed by atoms with van der Waals surface area (Å²) < 4.78 is 0.898. The molecule has 3 heteroatoms. The van der Waals surface area contributed by atoms with Gasteiger partial charge in [-0.1, -0.05) is 45.7 Å². The van der Waals surface area contributed by atoms with Crippen LogP contribution in [0.2, 0.25) is 0 Å². The van der Waals surface area contributed by atoms with Crippen LogP contribution in [0.1, 0.15) is 12.5 Å². The van der Waals surface area contributed by atoms with Crippen LogP contribution in [0.4, 0.5) is 0 Å². The largest absolute Gasteiger partial charge is 0.193 e. The molecule has 0 aliphatic carbocycles. The minimum atomic E-state index is 0.495. The van der Waals surface area contributed by atoms with Gasteiger partial charge in [0.1, 0.15) is 0 Å². The Bertz CT molecular complexity index is 390. The number of allylic oxidation sites excluding steroid dienone is 1. The van der Waals surface area contributed by atoms with Gasteiger partial charge in [0.15, 0.2) is 0 Å². The van der Waals surface area contributed by atoms with Crippen LogP contribution in [-0.2, 0) is 0 Å². The van der Waals surface area contributed by atoms with E-state index in [9.17, 15) is 0 Å². The highest BCUT2D eigenvalue weighted by molar-refractivity contribution is 9.10. The predicted octanol–water partition coefficient (Wildman–Crippen LogP) is 3.94. The van der Waals surface area contributed by atoms with E-state index in [0.717, 1.165) is 10.0 Å².